The molecule has 0 atom stereocenters. The summed E-state index contributed by atoms with van der Waals surface area (Å²) in [6, 6.07) is 7.04. The number of para-hydroxylation sites is 1. The van der Waals surface area contributed by atoms with Gasteiger partial charge in [-0.05, 0) is 25.3 Å². The Morgan fingerprint density at radius 2 is 2.25 bits per heavy atom. The maximum atomic E-state index is 6.03. The first-order valence-electron chi connectivity index (χ1n) is 7.14. The summed E-state index contributed by atoms with van der Waals surface area (Å²) >= 11 is 0. The predicted octanol–water partition coefficient (Wildman–Crippen LogP) is 2.56. The molecule has 4 heteroatoms. The van der Waals surface area contributed by atoms with Crippen molar-refractivity contribution >= 4 is 0 Å². The zero-order chi connectivity index (χ0) is 13.9. The topological polar surface area (TPSA) is 39.1 Å². The second-order valence-electron chi connectivity index (χ2n) is 5.53. The molecular formula is C16H21N3O. The Bertz CT molecular complexity index is 587. The number of hydrogen-bond acceptors (Lipinski definition) is 3. The Hall–Kier alpha value is -1.81. The standard InChI is InChI=1S/C16H21N3O/c1-12-4-3-5-14(9-17-15-6-7-15)16(12)20-11-13-8-18-19(2)10-13/h3-5,8,10,15,17H,6-7,9,11H2,1-2H3. The van der Waals surface area contributed by atoms with E-state index in [9.17, 15) is 0 Å². The van der Waals surface area contributed by atoms with Crippen LogP contribution in [0.5, 0.6) is 5.75 Å². The van der Waals surface area contributed by atoms with Gasteiger partial charge in [0.05, 0.1) is 6.20 Å². The van der Waals surface area contributed by atoms with E-state index in [0.717, 1.165) is 17.9 Å². The van der Waals surface area contributed by atoms with Crippen LogP contribution in [0.2, 0.25) is 0 Å². The number of hydrogen-bond donors (Lipinski definition) is 1. The summed E-state index contributed by atoms with van der Waals surface area (Å²) < 4.78 is 7.82. The number of rotatable bonds is 6. The maximum absolute atomic E-state index is 6.03. The van der Waals surface area contributed by atoms with Crippen LogP contribution in [0.3, 0.4) is 0 Å². The van der Waals surface area contributed by atoms with Gasteiger partial charge in [0.2, 0.25) is 0 Å². The molecule has 0 unspecified atom stereocenters. The first kappa shape index (κ1) is 13.2. The fourth-order valence-electron chi connectivity index (χ4n) is 2.30. The largest absolute Gasteiger partial charge is 0.488 e. The van der Waals surface area contributed by atoms with Gasteiger partial charge in [0.1, 0.15) is 12.4 Å². The molecule has 0 spiro atoms. The van der Waals surface area contributed by atoms with E-state index in [1.54, 1.807) is 4.68 Å². The van der Waals surface area contributed by atoms with Crippen LogP contribution in [0.15, 0.2) is 30.6 Å². The van der Waals surface area contributed by atoms with E-state index >= 15 is 0 Å². The molecule has 1 saturated carbocycles. The van der Waals surface area contributed by atoms with Crippen molar-refractivity contribution in [3.63, 3.8) is 0 Å². The minimum Gasteiger partial charge on any atom is -0.488 e. The van der Waals surface area contributed by atoms with E-state index in [1.165, 1.54) is 24.0 Å². The molecule has 4 nitrogen and oxygen atoms in total. The van der Waals surface area contributed by atoms with Crippen LogP contribution in [-0.2, 0) is 20.2 Å². The lowest BCUT2D eigenvalue weighted by Gasteiger charge is -2.14. The van der Waals surface area contributed by atoms with Gasteiger partial charge in [0.15, 0.2) is 0 Å². The molecule has 3 rings (SSSR count). The Morgan fingerprint density at radius 3 is 2.95 bits per heavy atom. The minimum absolute atomic E-state index is 0.565. The Morgan fingerprint density at radius 1 is 1.40 bits per heavy atom. The third kappa shape index (κ3) is 3.20. The third-order valence-corrected chi connectivity index (χ3v) is 3.59. The molecule has 0 bridgehead atoms. The van der Waals surface area contributed by atoms with Gasteiger partial charge in [-0.15, -0.1) is 0 Å². The Balaban J connectivity index is 1.69. The van der Waals surface area contributed by atoms with Gasteiger partial charge >= 0.3 is 0 Å². The van der Waals surface area contributed by atoms with Crippen LogP contribution in [0.1, 0.15) is 29.5 Å². The molecule has 1 aliphatic carbocycles. The summed E-state index contributed by atoms with van der Waals surface area (Å²) in [5, 5.41) is 7.71. The van der Waals surface area contributed by atoms with Crippen LogP contribution < -0.4 is 10.1 Å². The van der Waals surface area contributed by atoms with Crippen molar-refractivity contribution in [1.82, 2.24) is 15.1 Å². The fraction of sp³-hybridized carbons (Fsp3) is 0.438. The van der Waals surface area contributed by atoms with E-state index in [-0.39, 0.29) is 0 Å². The second kappa shape index (κ2) is 5.67. The van der Waals surface area contributed by atoms with Crippen LogP contribution in [-0.4, -0.2) is 15.8 Å². The molecular weight excluding hydrogens is 250 g/mol. The molecule has 20 heavy (non-hydrogen) atoms. The smallest absolute Gasteiger partial charge is 0.127 e. The number of aromatic nitrogens is 2. The van der Waals surface area contributed by atoms with Gasteiger partial charge in [0, 0.05) is 37.0 Å². The van der Waals surface area contributed by atoms with Crippen molar-refractivity contribution in [1.29, 1.82) is 0 Å². The van der Waals surface area contributed by atoms with Crippen LogP contribution in [0.4, 0.5) is 0 Å². The van der Waals surface area contributed by atoms with E-state index in [4.69, 9.17) is 4.74 Å². The van der Waals surface area contributed by atoms with Gasteiger partial charge in [-0.25, -0.2) is 0 Å². The lowest BCUT2D eigenvalue weighted by Crippen LogP contribution is -2.16. The van der Waals surface area contributed by atoms with Crippen LogP contribution in [0, 0.1) is 6.92 Å². The van der Waals surface area contributed by atoms with E-state index < -0.39 is 0 Å². The normalized spacial score (nSPS) is 14.5. The predicted molar refractivity (Wildman–Crippen MR) is 78.6 cm³/mol. The van der Waals surface area contributed by atoms with Crippen molar-refractivity contribution in [2.75, 3.05) is 0 Å². The highest BCUT2D eigenvalue weighted by atomic mass is 16.5. The lowest BCUT2D eigenvalue weighted by molar-refractivity contribution is 0.300. The molecule has 0 amide bonds. The molecule has 0 radical (unpaired) electrons. The average Bonchev–Trinajstić information content (AvgIpc) is 3.17. The number of ether oxygens (including phenoxy) is 1. The molecule has 0 saturated heterocycles. The molecule has 1 aromatic carbocycles. The minimum atomic E-state index is 0.565. The van der Waals surface area contributed by atoms with Gasteiger partial charge in [-0.3, -0.25) is 4.68 Å². The van der Waals surface area contributed by atoms with Crippen LogP contribution in [0.25, 0.3) is 0 Å². The number of nitrogens with zero attached hydrogens (tertiary/aromatic N) is 2. The number of aryl methyl sites for hydroxylation is 2. The summed E-state index contributed by atoms with van der Waals surface area (Å²) in [4.78, 5) is 0. The molecule has 1 aliphatic rings. The molecule has 1 heterocycles. The number of benzene rings is 1. The Labute approximate surface area is 119 Å². The molecule has 0 aliphatic heterocycles. The van der Waals surface area contributed by atoms with Gasteiger partial charge < -0.3 is 10.1 Å². The third-order valence-electron chi connectivity index (χ3n) is 3.59. The monoisotopic (exact) mass is 271 g/mol. The van der Waals surface area contributed by atoms with Gasteiger partial charge in [0.25, 0.3) is 0 Å². The van der Waals surface area contributed by atoms with Crippen molar-refractivity contribution in [2.24, 2.45) is 7.05 Å². The van der Waals surface area contributed by atoms with Crippen LogP contribution >= 0.6 is 0 Å². The number of nitrogens with one attached hydrogen (secondary N) is 1. The van der Waals surface area contributed by atoms with E-state index in [2.05, 4.69) is 35.5 Å². The summed E-state index contributed by atoms with van der Waals surface area (Å²) in [6.45, 7) is 3.54. The fourth-order valence-corrected chi connectivity index (χ4v) is 2.30. The summed E-state index contributed by atoms with van der Waals surface area (Å²) in [7, 11) is 1.92. The van der Waals surface area contributed by atoms with Crippen molar-refractivity contribution in [3.05, 3.63) is 47.3 Å². The maximum Gasteiger partial charge on any atom is 0.127 e. The SMILES string of the molecule is Cc1cccc(CNC2CC2)c1OCc1cnn(C)c1. The van der Waals surface area contributed by atoms with Gasteiger partial charge in [-0.2, -0.15) is 5.10 Å². The zero-order valence-corrected chi connectivity index (χ0v) is 12.1. The summed E-state index contributed by atoms with van der Waals surface area (Å²) in [5.41, 5.74) is 3.52. The summed E-state index contributed by atoms with van der Waals surface area (Å²) in [6.07, 6.45) is 6.44. The highest BCUT2D eigenvalue weighted by Crippen LogP contribution is 2.26. The second-order valence-corrected chi connectivity index (χ2v) is 5.53. The average molecular weight is 271 g/mol. The van der Waals surface area contributed by atoms with Gasteiger partial charge in [-0.1, -0.05) is 18.2 Å². The molecule has 1 N–H and O–H groups in total. The highest BCUT2D eigenvalue weighted by molar-refractivity contribution is 5.41. The van der Waals surface area contributed by atoms with Crippen molar-refractivity contribution in [3.8, 4) is 5.75 Å². The highest BCUT2D eigenvalue weighted by Gasteiger charge is 2.20. The first-order valence-corrected chi connectivity index (χ1v) is 7.14. The molecule has 106 valence electrons. The molecule has 1 aromatic heterocycles. The quantitative estimate of drug-likeness (QED) is 0.877. The first-order chi connectivity index (χ1) is 9.72. The van der Waals surface area contributed by atoms with E-state index in [1.807, 2.05) is 19.4 Å². The molecule has 1 fully saturated rings. The van der Waals surface area contributed by atoms with E-state index in [0.29, 0.717) is 12.6 Å². The van der Waals surface area contributed by atoms with Crippen molar-refractivity contribution in [2.45, 2.75) is 39.0 Å². The van der Waals surface area contributed by atoms with Crippen molar-refractivity contribution < 1.29 is 4.74 Å². The zero-order valence-electron chi connectivity index (χ0n) is 12.1. The molecule has 2 aromatic rings. The lowest BCUT2D eigenvalue weighted by atomic mass is 10.1. The summed E-state index contributed by atoms with van der Waals surface area (Å²) in [5.74, 6) is 1.00. The Kier molecular flexibility index (Phi) is 3.74.